The Morgan fingerprint density at radius 2 is 1.86 bits per heavy atom. The highest BCUT2D eigenvalue weighted by atomic mass is 15.3. The third kappa shape index (κ3) is 3.35. The van der Waals surface area contributed by atoms with Gasteiger partial charge in [0.15, 0.2) is 0 Å². The van der Waals surface area contributed by atoms with Crippen molar-refractivity contribution in [2.45, 2.75) is 51.6 Å². The van der Waals surface area contributed by atoms with Gasteiger partial charge in [-0.3, -0.25) is 4.68 Å². The van der Waals surface area contributed by atoms with Crippen LogP contribution in [0.2, 0.25) is 0 Å². The zero-order chi connectivity index (χ0) is 15.0. The Balaban J connectivity index is 1.83. The van der Waals surface area contributed by atoms with E-state index < -0.39 is 0 Å². The van der Waals surface area contributed by atoms with Gasteiger partial charge in [-0.15, -0.1) is 0 Å². The van der Waals surface area contributed by atoms with E-state index in [1.165, 1.54) is 29.5 Å². The van der Waals surface area contributed by atoms with Crippen molar-refractivity contribution in [1.29, 1.82) is 0 Å². The van der Waals surface area contributed by atoms with E-state index in [4.69, 9.17) is 0 Å². The van der Waals surface area contributed by atoms with Gasteiger partial charge >= 0.3 is 0 Å². The summed E-state index contributed by atoms with van der Waals surface area (Å²) in [6, 6.07) is 9.65. The molecule has 1 aromatic heterocycles. The van der Waals surface area contributed by atoms with E-state index in [2.05, 4.69) is 61.6 Å². The van der Waals surface area contributed by atoms with Crippen molar-refractivity contribution in [2.75, 3.05) is 0 Å². The van der Waals surface area contributed by atoms with Crippen LogP contribution in [0.25, 0.3) is 11.1 Å². The summed E-state index contributed by atoms with van der Waals surface area (Å²) < 4.78 is 1.92. The quantitative estimate of drug-likeness (QED) is 0.928. The fourth-order valence-electron chi connectivity index (χ4n) is 2.61. The average molecular weight is 283 g/mol. The molecule has 0 amide bonds. The standard InChI is InChI=1S/C18H25N3/c1-18(2,3)17-16(12-21(4)20-17)14-7-5-13(6-8-14)11-19-15-9-10-15/h5-8,12,15,19H,9-11H2,1-4H3. The molecule has 1 aliphatic rings. The molecule has 3 nitrogen and oxygen atoms in total. The van der Waals surface area contributed by atoms with Gasteiger partial charge in [-0.1, -0.05) is 45.0 Å². The van der Waals surface area contributed by atoms with E-state index in [-0.39, 0.29) is 5.41 Å². The van der Waals surface area contributed by atoms with Crippen molar-refractivity contribution in [1.82, 2.24) is 15.1 Å². The minimum atomic E-state index is 0.0583. The number of aromatic nitrogens is 2. The molecule has 0 bridgehead atoms. The minimum absolute atomic E-state index is 0.0583. The molecule has 0 saturated heterocycles. The summed E-state index contributed by atoms with van der Waals surface area (Å²) in [7, 11) is 1.99. The summed E-state index contributed by atoms with van der Waals surface area (Å²) in [4.78, 5) is 0. The SMILES string of the molecule is Cn1cc(-c2ccc(CNC3CC3)cc2)c(C(C)(C)C)n1. The van der Waals surface area contributed by atoms with Gasteiger partial charge < -0.3 is 5.32 Å². The highest BCUT2D eigenvalue weighted by molar-refractivity contribution is 5.66. The molecule has 112 valence electrons. The highest BCUT2D eigenvalue weighted by Gasteiger charge is 2.23. The Kier molecular flexibility index (Phi) is 3.62. The Labute approximate surface area is 127 Å². The topological polar surface area (TPSA) is 29.9 Å². The molecule has 1 fully saturated rings. The lowest BCUT2D eigenvalue weighted by molar-refractivity contribution is 0.554. The van der Waals surface area contributed by atoms with Crippen molar-refractivity contribution in [3.05, 3.63) is 41.7 Å². The monoisotopic (exact) mass is 283 g/mol. The van der Waals surface area contributed by atoms with Crippen molar-refractivity contribution in [3.8, 4) is 11.1 Å². The molecule has 0 atom stereocenters. The summed E-state index contributed by atoms with van der Waals surface area (Å²) in [5.41, 5.74) is 5.07. The third-order valence-electron chi connectivity index (χ3n) is 3.98. The van der Waals surface area contributed by atoms with Crippen molar-refractivity contribution in [3.63, 3.8) is 0 Å². The molecule has 1 aromatic carbocycles. The molecule has 2 aromatic rings. The first-order valence-corrected chi connectivity index (χ1v) is 7.80. The Morgan fingerprint density at radius 3 is 2.43 bits per heavy atom. The summed E-state index contributed by atoms with van der Waals surface area (Å²) >= 11 is 0. The number of hydrogen-bond donors (Lipinski definition) is 1. The predicted octanol–water partition coefficient (Wildman–Crippen LogP) is 3.64. The van der Waals surface area contributed by atoms with E-state index in [0.717, 1.165) is 18.3 Å². The molecule has 3 heteroatoms. The van der Waals surface area contributed by atoms with E-state index in [0.29, 0.717) is 0 Å². The third-order valence-corrected chi connectivity index (χ3v) is 3.98. The van der Waals surface area contributed by atoms with Crippen LogP contribution in [0.1, 0.15) is 44.9 Å². The second-order valence-electron chi connectivity index (χ2n) is 7.17. The van der Waals surface area contributed by atoms with Gasteiger partial charge in [0.05, 0.1) is 5.69 Å². The highest BCUT2D eigenvalue weighted by Crippen LogP contribution is 2.31. The van der Waals surface area contributed by atoms with Crippen LogP contribution in [-0.2, 0) is 19.0 Å². The molecule has 0 aliphatic heterocycles. The summed E-state index contributed by atoms with van der Waals surface area (Å²) in [6.45, 7) is 7.62. The smallest absolute Gasteiger partial charge is 0.0756 e. The zero-order valence-corrected chi connectivity index (χ0v) is 13.5. The van der Waals surface area contributed by atoms with Gasteiger partial charge in [0, 0.05) is 36.8 Å². The van der Waals surface area contributed by atoms with Crippen LogP contribution in [0, 0.1) is 0 Å². The zero-order valence-electron chi connectivity index (χ0n) is 13.5. The summed E-state index contributed by atoms with van der Waals surface area (Å²) in [5.74, 6) is 0. The van der Waals surface area contributed by atoms with E-state index in [9.17, 15) is 0 Å². The van der Waals surface area contributed by atoms with E-state index in [1.807, 2.05) is 11.7 Å². The van der Waals surface area contributed by atoms with Gasteiger partial charge in [0.25, 0.3) is 0 Å². The lowest BCUT2D eigenvalue weighted by Gasteiger charge is -2.17. The first-order chi connectivity index (χ1) is 9.93. The van der Waals surface area contributed by atoms with Crippen LogP contribution in [0.15, 0.2) is 30.5 Å². The van der Waals surface area contributed by atoms with Crippen molar-refractivity contribution in [2.24, 2.45) is 7.05 Å². The Hall–Kier alpha value is -1.61. The molecule has 1 heterocycles. The molecular formula is C18H25N3. The maximum atomic E-state index is 4.65. The first kappa shape index (κ1) is 14.3. The predicted molar refractivity (Wildman–Crippen MR) is 87.2 cm³/mol. The minimum Gasteiger partial charge on any atom is -0.310 e. The molecule has 0 radical (unpaired) electrons. The van der Waals surface area contributed by atoms with Gasteiger partial charge in [-0.2, -0.15) is 5.10 Å². The van der Waals surface area contributed by atoms with Gasteiger partial charge in [0.2, 0.25) is 0 Å². The molecule has 1 aliphatic carbocycles. The molecule has 21 heavy (non-hydrogen) atoms. The number of aryl methyl sites for hydroxylation is 1. The number of benzene rings is 1. The maximum absolute atomic E-state index is 4.65. The van der Waals surface area contributed by atoms with Crippen LogP contribution < -0.4 is 5.32 Å². The molecular weight excluding hydrogens is 258 g/mol. The fraction of sp³-hybridized carbons (Fsp3) is 0.500. The second kappa shape index (κ2) is 5.30. The van der Waals surface area contributed by atoms with E-state index in [1.54, 1.807) is 0 Å². The number of rotatable bonds is 4. The first-order valence-electron chi connectivity index (χ1n) is 7.80. The lowest BCUT2D eigenvalue weighted by Crippen LogP contribution is -2.15. The Morgan fingerprint density at radius 1 is 1.19 bits per heavy atom. The molecule has 0 unspecified atom stereocenters. The molecule has 1 saturated carbocycles. The van der Waals surface area contributed by atoms with Gasteiger partial charge in [-0.05, 0) is 24.0 Å². The second-order valence-corrected chi connectivity index (χ2v) is 7.17. The number of hydrogen-bond acceptors (Lipinski definition) is 2. The number of nitrogens with zero attached hydrogens (tertiary/aromatic N) is 2. The average Bonchev–Trinajstić information content (AvgIpc) is 3.17. The van der Waals surface area contributed by atoms with Crippen molar-refractivity contribution < 1.29 is 0 Å². The van der Waals surface area contributed by atoms with Crippen LogP contribution in [0.4, 0.5) is 0 Å². The fourth-order valence-corrected chi connectivity index (χ4v) is 2.61. The van der Waals surface area contributed by atoms with Crippen molar-refractivity contribution >= 4 is 0 Å². The summed E-state index contributed by atoms with van der Waals surface area (Å²) in [6.07, 6.45) is 4.80. The molecule has 3 rings (SSSR count). The lowest BCUT2D eigenvalue weighted by atomic mass is 9.87. The van der Waals surface area contributed by atoms with Gasteiger partial charge in [0.1, 0.15) is 0 Å². The van der Waals surface area contributed by atoms with Crippen LogP contribution in [-0.4, -0.2) is 15.8 Å². The van der Waals surface area contributed by atoms with Gasteiger partial charge in [-0.25, -0.2) is 0 Å². The summed E-state index contributed by atoms with van der Waals surface area (Å²) in [5, 5.41) is 8.21. The van der Waals surface area contributed by atoms with E-state index >= 15 is 0 Å². The Bertz CT molecular complexity index is 613. The molecule has 0 spiro atoms. The van der Waals surface area contributed by atoms with Crippen LogP contribution in [0.5, 0.6) is 0 Å². The van der Waals surface area contributed by atoms with Crippen LogP contribution in [0.3, 0.4) is 0 Å². The maximum Gasteiger partial charge on any atom is 0.0756 e. The molecule has 1 N–H and O–H groups in total. The largest absolute Gasteiger partial charge is 0.310 e. The van der Waals surface area contributed by atoms with Crippen LogP contribution >= 0.6 is 0 Å². The normalized spacial score (nSPS) is 15.4. The number of nitrogens with one attached hydrogen (secondary N) is 1.